The fourth-order valence-corrected chi connectivity index (χ4v) is 2.78. The number of hydrogen-bond acceptors (Lipinski definition) is 4. The maximum atomic E-state index is 5.22. The number of anilines is 2. The Bertz CT molecular complexity index is 541. The second kappa shape index (κ2) is 9.06. The lowest BCUT2D eigenvalue weighted by atomic mass is 10.0. The molecular formula is C20H28N2O2. The second-order valence-electron chi connectivity index (χ2n) is 5.78. The Kier molecular flexibility index (Phi) is 6.79. The van der Waals surface area contributed by atoms with Crippen LogP contribution >= 0.6 is 0 Å². The summed E-state index contributed by atoms with van der Waals surface area (Å²) in [6.45, 7) is 4.42. The van der Waals surface area contributed by atoms with Crippen LogP contribution in [0.4, 0.5) is 11.4 Å². The van der Waals surface area contributed by atoms with Crippen LogP contribution in [0.3, 0.4) is 0 Å². The van der Waals surface area contributed by atoms with Crippen molar-refractivity contribution in [1.82, 2.24) is 0 Å². The minimum atomic E-state index is 0.338. The molecule has 2 aromatic rings. The molecule has 2 atom stereocenters. The van der Waals surface area contributed by atoms with Crippen molar-refractivity contribution in [2.75, 3.05) is 24.9 Å². The van der Waals surface area contributed by atoms with Crippen molar-refractivity contribution in [1.29, 1.82) is 0 Å². The van der Waals surface area contributed by atoms with Gasteiger partial charge in [-0.25, -0.2) is 0 Å². The Hall–Kier alpha value is -2.36. The summed E-state index contributed by atoms with van der Waals surface area (Å²) in [7, 11) is 3.37. The zero-order valence-electron chi connectivity index (χ0n) is 15.0. The molecule has 0 heterocycles. The molecule has 2 unspecified atom stereocenters. The Morgan fingerprint density at radius 1 is 0.667 bits per heavy atom. The minimum absolute atomic E-state index is 0.338. The van der Waals surface area contributed by atoms with E-state index in [-0.39, 0.29) is 0 Å². The van der Waals surface area contributed by atoms with E-state index in [1.54, 1.807) is 14.2 Å². The van der Waals surface area contributed by atoms with Crippen molar-refractivity contribution >= 4 is 11.4 Å². The number of benzene rings is 2. The molecule has 2 rings (SSSR count). The highest BCUT2D eigenvalue weighted by molar-refractivity contribution is 5.50. The van der Waals surface area contributed by atoms with Crippen molar-refractivity contribution in [3.05, 3.63) is 48.5 Å². The van der Waals surface area contributed by atoms with Gasteiger partial charge < -0.3 is 20.1 Å². The molecule has 0 radical (unpaired) electrons. The van der Waals surface area contributed by atoms with Crippen molar-refractivity contribution < 1.29 is 9.47 Å². The van der Waals surface area contributed by atoms with E-state index in [0.29, 0.717) is 12.1 Å². The molecule has 130 valence electrons. The topological polar surface area (TPSA) is 42.5 Å². The van der Waals surface area contributed by atoms with E-state index >= 15 is 0 Å². The molecule has 0 fully saturated rings. The summed E-state index contributed by atoms with van der Waals surface area (Å²) in [5, 5.41) is 7.26. The maximum absolute atomic E-state index is 5.22. The fraction of sp³-hybridized carbons (Fsp3) is 0.400. The van der Waals surface area contributed by atoms with Gasteiger partial charge in [0.05, 0.1) is 14.2 Å². The molecule has 0 amide bonds. The van der Waals surface area contributed by atoms with E-state index < -0.39 is 0 Å². The fourth-order valence-electron chi connectivity index (χ4n) is 2.78. The van der Waals surface area contributed by atoms with Crippen molar-refractivity contribution in [2.45, 2.75) is 38.8 Å². The van der Waals surface area contributed by atoms with E-state index in [4.69, 9.17) is 9.47 Å². The average molecular weight is 328 g/mol. The van der Waals surface area contributed by atoms with Gasteiger partial charge in [0, 0.05) is 23.5 Å². The molecule has 0 spiro atoms. The van der Waals surface area contributed by atoms with Crippen LogP contribution in [0, 0.1) is 0 Å². The Morgan fingerprint density at radius 2 is 1.00 bits per heavy atom. The van der Waals surface area contributed by atoms with Crippen molar-refractivity contribution in [3.8, 4) is 11.5 Å². The lowest BCUT2D eigenvalue weighted by molar-refractivity contribution is 0.414. The summed E-state index contributed by atoms with van der Waals surface area (Å²) in [5.74, 6) is 1.74. The van der Waals surface area contributed by atoms with E-state index in [0.717, 1.165) is 35.7 Å². The van der Waals surface area contributed by atoms with Crippen molar-refractivity contribution in [2.24, 2.45) is 0 Å². The molecule has 2 aromatic carbocycles. The molecule has 0 saturated heterocycles. The summed E-state index contributed by atoms with van der Waals surface area (Å²) >= 11 is 0. The third-order valence-corrected chi connectivity index (χ3v) is 4.25. The first-order chi connectivity index (χ1) is 11.7. The van der Waals surface area contributed by atoms with Gasteiger partial charge in [-0.3, -0.25) is 0 Å². The first kappa shape index (κ1) is 18.0. The first-order valence-electron chi connectivity index (χ1n) is 8.51. The van der Waals surface area contributed by atoms with Crippen LogP contribution in [-0.2, 0) is 0 Å². The van der Waals surface area contributed by atoms with Gasteiger partial charge in [0.25, 0.3) is 0 Å². The van der Waals surface area contributed by atoms with Crippen LogP contribution in [0.25, 0.3) is 0 Å². The zero-order chi connectivity index (χ0) is 17.4. The monoisotopic (exact) mass is 328 g/mol. The van der Waals surface area contributed by atoms with Crippen LogP contribution in [0.2, 0.25) is 0 Å². The predicted octanol–water partition coefficient (Wildman–Crippen LogP) is 4.79. The molecule has 24 heavy (non-hydrogen) atoms. The average Bonchev–Trinajstić information content (AvgIpc) is 2.65. The summed E-state index contributed by atoms with van der Waals surface area (Å²) < 4.78 is 10.4. The SMILES string of the molecule is CCC(Nc1ccc(OC)cc1)C(CC)Nc1ccc(OC)cc1. The lowest BCUT2D eigenvalue weighted by Crippen LogP contribution is -2.38. The standard InChI is InChI=1S/C20H28N2O2/c1-5-19(21-15-7-11-17(23-3)12-8-15)20(6-2)22-16-9-13-18(24-4)14-10-16/h7-14,19-22H,5-6H2,1-4H3. The highest BCUT2D eigenvalue weighted by atomic mass is 16.5. The van der Waals surface area contributed by atoms with Gasteiger partial charge >= 0.3 is 0 Å². The normalized spacial score (nSPS) is 13.0. The summed E-state index contributed by atoms with van der Waals surface area (Å²) in [4.78, 5) is 0. The third-order valence-electron chi connectivity index (χ3n) is 4.25. The second-order valence-corrected chi connectivity index (χ2v) is 5.78. The van der Waals surface area contributed by atoms with Crippen LogP contribution < -0.4 is 20.1 Å². The minimum Gasteiger partial charge on any atom is -0.497 e. The van der Waals surface area contributed by atoms with E-state index in [1.165, 1.54) is 0 Å². The number of hydrogen-bond donors (Lipinski definition) is 2. The Morgan fingerprint density at radius 3 is 1.25 bits per heavy atom. The van der Waals surface area contributed by atoms with E-state index in [1.807, 2.05) is 24.3 Å². The Labute approximate surface area is 145 Å². The Balaban J connectivity index is 2.04. The third kappa shape index (κ3) is 4.82. The van der Waals surface area contributed by atoms with Gasteiger partial charge in [-0.15, -0.1) is 0 Å². The molecule has 0 aliphatic carbocycles. The summed E-state index contributed by atoms with van der Waals surface area (Å²) in [5.41, 5.74) is 2.22. The largest absolute Gasteiger partial charge is 0.497 e. The van der Waals surface area contributed by atoms with Gasteiger partial charge in [0.1, 0.15) is 11.5 Å². The van der Waals surface area contributed by atoms with Crippen LogP contribution in [-0.4, -0.2) is 26.3 Å². The molecule has 0 bridgehead atoms. The van der Waals surface area contributed by atoms with Crippen molar-refractivity contribution in [3.63, 3.8) is 0 Å². The molecule has 4 nitrogen and oxygen atoms in total. The summed E-state index contributed by atoms with van der Waals surface area (Å²) in [6, 6.07) is 16.8. The molecule has 0 aliphatic heterocycles. The molecule has 0 aliphatic rings. The van der Waals surface area contributed by atoms with Crippen LogP contribution in [0.1, 0.15) is 26.7 Å². The van der Waals surface area contributed by atoms with Gasteiger partial charge in [-0.2, -0.15) is 0 Å². The van der Waals surface area contributed by atoms with Crippen LogP contribution in [0.5, 0.6) is 11.5 Å². The molecule has 2 N–H and O–H groups in total. The lowest BCUT2D eigenvalue weighted by Gasteiger charge is -2.29. The highest BCUT2D eigenvalue weighted by Gasteiger charge is 2.18. The molecular weight excluding hydrogens is 300 g/mol. The van der Waals surface area contributed by atoms with Crippen LogP contribution in [0.15, 0.2) is 48.5 Å². The highest BCUT2D eigenvalue weighted by Crippen LogP contribution is 2.21. The number of methoxy groups -OCH3 is 2. The van der Waals surface area contributed by atoms with Gasteiger partial charge in [-0.05, 0) is 61.4 Å². The predicted molar refractivity (Wildman–Crippen MR) is 101 cm³/mol. The number of rotatable bonds is 9. The zero-order valence-corrected chi connectivity index (χ0v) is 15.0. The smallest absolute Gasteiger partial charge is 0.119 e. The van der Waals surface area contributed by atoms with E-state index in [2.05, 4.69) is 48.7 Å². The van der Waals surface area contributed by atoms with Gasteiger partial charge in [0.2, 0.25) is 0 Å². The first-order valence-corrected chi connectivity index (χ1v) is 8.51. The van der Waals surface area contributed by atoms with Gasteiger partial charge in [0.15, 0.2) is 0 Å². The number of nitrogens with one attached hydrogen (secondary N) is 2. The number of ether oxygens (including phenoxy) is 2. The summed E-state index contributed by atoms with van der Waals surface area (Å²) in [6.07, 6.45) is 2.07. The quantitative estimate of drug-likeness (QED) is 0.695. The maximum Gasteiger partial charge on any atom is 0.119 e. The van der Waals surface area contributed by atoms with E-state index in [9.17, 15) is 0 Å². The molecule has 0 aromatic heterocycles. The molecule has 4 heteroatoms. The van der Waals surface area contributed by atoms with Gasteiger partial charge in [-0.1, -0.05) is 13.8 Å². The molecule has 0 saturated carbocycles.